The van der Waals surface area contributed by atoms with Crippen LogP contribution >= 0.6 is 11.8 Å². The zero-order valence-electron chi connectivity index (χ0n) is 11.1. The van der Waals surface area contributed by atoms with Crippen LogP contribution in [0.3, 0.4) is 0 Å². The fourth-order valence-electron chi connectivity index (χ4n) is 2.80. The van der Waals surface area contributed by atoms with Crippen LogP contribution in [0.25, 0.3) is 10.9 Å². The monoisotopic (exact) mass is 272 g/mol. The highest BCUT2D eigenvalue weighted by Crippen LogP contribution is 2.30. The molecule has 100 valence electrons. The van der Waals surface area contributed by atoms with Gasteiger partial charge in [-0.05, 0) is 60.4 Å². The summed E-state index contributed by atoms with van der Waals surface area (Å²) in [5.41, 5.74) is 8.69. The quantitative estimate of drug-likeness (QED) is 0.924. The smallest absolute Gasteiger partial charge is 0.0702 e. The summed E-state index contributed by atoms with van der Waals surface area (Å²) in [5.74, 6) is 3.42. The molecule has 1 aliphatic rings. The summed E-state index contributed by atoms with van der Waals surface area (Å²) in [6.45, 7) is 0. The van der Waals surface area contributed by atoms with Gasteiger partial charge in [-0.3, -0.25) is 4.98 Å². The van der Waals surface area contributed by atoms with E-state index in [0.717, 1.165) is 17.9 Å². The van der Waals surface area contributed by atoms with E-state index in [1.54, 1.807) is 0 Å². The first-order valence-corrected chi connectivity index (χ1v) is 8.16. The third-order valence-electron chi connectivity index (χ3n) is 3.98. The summed E-state index contributed by atoms with van der Waals surface area (Å²) in [6.07, 6.45) is 5.61. The predicted octanol–water partition coefficient (Wildman–Crippen LogP) is 3.77. The van der Waals surface area contributed by atoms with Crippen LogP contribution in [0.15, 0.2) is 36.5 Å². The molecule has 1 aromatic carbocycles. The molecule has 0 saturated carbocycles. The molecular formula is C16H20N2S. The topological polar surface area (TPSA) is 38.9 Å². The van der Waals surface area contributed by atoms with E-state index in [2.05, 4.69) is 41.0 Å². The summed E-state index contributed by atoms with van der Waals surface area (Å²) in [5, 5.41) is 1.19. The van der Waals surface area contributed by atoms with Crippen molar-refractivity contribution in [1.29, 1.82) is 0 Å². The van der Waals surface area contributed by atoms with E-state index >= 15 is 0 Å². The maximum absolute atomic E-state index is 6.39. The van der Waals surface area contributed by atoms with Crippen molar-refractivity contribution in [3.05, 3.63) is 42.1 Å². The van der Waals surface area contributed by atoms with Crippen molar-refractivity contribution in [2.45, 2.75) is 25.3 Å². The highest BCUT2D eigenvalue weighted by atomic mass is 32.2. The minimum Gasteiger partial charge on any atom is -0.324 e. The zero-order chi connectivity index (χ0) is 13.1. The Bertz CT molecular complexity index is 549. The Labute approximate surface area is 118 Å². The van der Waals surface area contributed by atoms with Crippen LogP contribution < -0.4 is 5.73 Å². The highest BCUT2D eigenvalue weighted by Gasteiger charge is 2.18. The fourth-order valence-corrected chi connectivity index (χ4v) is 4.01. The lowest BCUT2D eigenvalue weighted by Gasteiger charge is -2.24. The first-order chi connectivity index (χ1) is 9.33. The number of thioether (sulfide) groups is 1. The van der Waals surface area contributed by atoms with Gasteiger partial charge in [0, 0.05) is 17.6 Å². The molecule has 0 bridgehead atoms. The van der Waals surface area contributed by atoms with Gasteiger partial charge in [0.1, 0.15) is 0 Å². The van der Waals surface area contributed by atoms with Gasteiger partial charge in [0.15, 0.2) is 0 Å². The Morgan fingerprint density at radius 2 is 2.11 bits per heavy atom. The number of hydrogen-bond acceptors (Lipinski definition) is 3. The number of nitrogens with two attached hydrogens (primary N) is 1. The van der Waals surface area contributed by atoms with E-state index in [1.807, 2.05) is 12.3 Å². The first kappa shape index (κ1) is 12.9. The van der Waals surface area contributed by atoms with Crippen LogP contribution in [0.4, 0.5) is 0 Å². The Morgan fingerprint density at radius 1 is 1.26 bits per heavy atom. The molecule has 3 heteroatoms. The van der Waals surface area contributed by atoms with Crippen LogP contribution in [-0.4, -0.2) is 16.5 Å². The van der Waals surface area contributed by atoms with Crippen molar-refractivity contribution < 1.29 is 0 Å². The fraction of sp³-hybridized carbons (Fsp3) is 0.438. The number of benzene rings is 1. The molecule has 1 atom stereocenters. The molecule has 19 heavy (non-hydrogen) atoms. The molecule has 0 aliphatic carbocycles. The Hall–Kier alpha value is -1.06. The molecule has 1 aliphatic heterocycles. The van der Waals surface area contributed by atoms with E-state index in [-0.39, 0.29) is 6.04 Å². The lowest BCUT2D eigenvalue weighted by atomic mass is 9.91. The number of fused-ring (bicyclic) bond motifs is 1. The summed E-state index contributed by atoms with van der Waals surface area (Å²) in [7, 11) is 0. The molecular weight excluding hydrogens is 252 g/mol. The third-order valence-corrected chi connectivity index (χ3v) is 5.03. The van der Waals surface area contributed by atoms with Crippen molar-refractivity contribution in [2.24, 2.45) is 11.7 Å². The number of hydrogen-bond donors (Lipinski definition) is 1. The van der Waals surface area contributed by atoms with Crippen molar-refractivity contribution in [3.63, 3.8) is 0 Å². The van der Waals surface area contributed by atoms with E-state index in [9.17, 15) is 0 Å². The second-order valence-electron chi connectivity index (χ2n) is 5.35. The molecule has 1 saturated heterocycles. The van der Waals surface area contributed by atoms with Gasteiger partial charge in [0.25, 0.3) is 0 Å². The minimum absolute atomic E-state index is 0.165. The van der Waals surface area contributed by atoms with Crippen molar-refractivity contribution in [1.82, 2.24) is 4.98 Å². The highest BCUT2D eigenvalue weighted by molar-refractivity contribution is 7.99. The number of aromatic nitrogens is 1. The summed E-state index contributed by atoms with van der Waals surface area (Å²) in [4.78, 5) is 4.35. The Kier molecular flexibility index (Phi) is 4.04. The lowest BCUT2D eigenvalue weighted by molar-refractivity contribution is 0.413. The molecule has 2 aromatic rings. The van der Waals surface area contributed by atoms with Gasteiger partial charge in [-0.25, -0.2) is 0 Å². The second-order valence-corrected chi connectivity index (χ2v) is 6.58. The first-order valence-electron chi connectivity index (χ1n) is 7.01. The minimum atomic E-state index is 0.165. The predicted molar refractivity (Wildman–Crippen MR) is 83.3 cm³/mol. The van der Waals surface area contributed by atoms with Gasteiger partial charge < -0.3 is 5.73 Å². The average Bonchev–Trinajstić information content (AvgIpc) is 2.48. The van der Waals surface area contributed by atoms with Crippen molar-refractivity contribution in [2.75, 3.05) is 11.5 Å². The largest absolute Gasteiger partial charge is 0.324 e. The summed E-state index contributed by atoms with van der Waals surface area (Å²) < 4.78 is 0. The van der Waals surface area contributed by atoms with E-state index in [1.165, 1.54) is 35.3 Å². The van der Waals surface area contributed by atoms with Gasteiger partial charge in [0.05, 0.1) is 5.52 Å². The van der Waals surface area contributed by atoms with E-state index in [4.69, 9.17) is 5.73 Å². The number of rotatable bonds is 3. The van der Waals surface area contributed by atoms with Crippen LogP contribution in [0.2, 0.25) is 0 Å². The van der Waals surface area contributed by atoms with Crippen LogP contribution in [-0.2, 0) is 0 Å². The molecule has 0 spiro atoms. The standard InChI is InChI=1S/C16H20N2S/c17-15(10-12-5-8-19-9-6-12)13-3-4-16-14(11-13)2-1-7-18-16/h1-4,7,11-12,15H,5-6,8-10,17H2. The van der Waals surface area contributed by atoms with Crippen molar-refractivity contribution >= 4 is 22.7 Å². The number of nitrogens with zero attached hydrogens (tertiary/aromatic N) is 1. The molecule has 0 amide bonds. The summed E-state index contributed by atoms with van der Waals surface area (Å²) in [6, 6.07) is 10.7. The van der Waals surface area contributed by atoms with Gasteiger partial charge in [-0.15, -0.1) is 0 Å². The maximum Gasteiger partial charge on any atom is 0.0702 e. The second kappa shape index (κ2) is 5.93. The van der Waals surface area contributed by atoms with Crippen LogP contribution in [0.1, 0.15) is 30.9 Å². The third kappa shape index (κ3) is 3.10. The number of pyridine rings is 1. The lowest BCUT2D eigenvalue weighted by Crippen LogP contribution is -2.18. The Morgan fingerprint density at radius 3 is 2.95 bits per heavy atom. The van der Waals surface area contributed by atoms with Crippen molar-refractivity contribution in [3.8, 4) is 0 Å². The molecule has 2 N–H and O–H groups in total. The van der Waals surface area contributed by atoms with E-state index < -0.39 is 0 Å². The molecule has 2 nitrogen and oxygen atoms in total. The molecule has 0 radical (unpaired) electrons. The van der Waals surface area contributed by atoms with Crippen LogP contribution in [0.5, 0.6) is 0 Å². The molecule has 1 unspecified atom stereocenters. The molecule has 2 heterocycles. The van der Waals surface area contributed by atoms with Gasteiger partial charge in [0.2, 0.25) is 0 Å². The van der Waals surface area contributed by atoms with Gasteiger partial charge in [-0.1, -0.05) is 12.1 Å². The van der Waals surface area contributed by atoms with Gasteiger partial charge in [-0.2, -0.15) is 11.8 Å². The molecule has 1 aromatic heterocycles. The normalized spacial score (nSPS) is 18.6. The SMILES string of the molecule is NC(CC1CCSCC1)c1ccc2ncccc2c1. The molecule has 3 rings (SSSR count). The maximum atomic E-state index is 6.39. The average molecular weight is 272 g/mol. The summed E-state index contributed by atoms with van der Waals surface area (Å²) >= 11 is 2.07. The van der Waals surface area contributed by atoms with Crippen LogP contribution in [0, 0.1) is 5.92 Å². The van der Waals surface area contributed by atoms with Gasteiger partial charge >= 0.3 is 0 Å². The molecule has 1 fully saturated rings. The zero-order valence-corrected chi connectivity index (χ0v) is 11.9. The Balaban J connectivity index is 1.75. The van der Waals surface area contributed by atoms with E-state index in [0.29, 0.717) is 0 Å².